The molecule has 1 amide bonds. The van der Waals surface area contributed by atoms with Crippen molar-refractivity contribution in [3.63, 3.8) is 0 Å². The number of nitrogens with one attached hydrogen (secondary N) is 1. The van der Waals surface area contributed by atoms with E-state index in [1.165, 1.54) is 18.5 Å². The predicted octanol–water partition coefficient (Wildman–Crippen LogP) is 2.12. The van der Waals surface area contributed by atoms with Crippen LogP contribution in [0.2, 0.25) is 0 Å². The molecule has 0 saturated carbocycles. The Morgan fingerprint density at radius 3 is 3.21 bits per heavy atom. The molecule has 4 rings (SSSR count). The lowest BCUT2D eigenvalue weighted by atomic mass is 9.98. The minimum Gasteiger partial charge on any atom is -0.357 e. The number of hydrogen-bond acceptors (Lipinski definition) is 3. The number of aromatic amines is 1. The van der Waals surface area contributed by atoms with Crippen molar-refractivity contribution >= 4 is 16.8 Å². The largest absolute Gasteiger partial charge is 0.357 e. The number of halogens is 1. The van der Waals surface area contributed by atoms with Crippen molar-refractivity contribution in [2.75, 3.05) is 7.05 Å². The third-order valence-electron chi connectivity index (χ3n) is 4.58. The van der Waals surface area contributed by atoms with Crippen LogP contribution in [0.3, 0.4) is 0 Å². The minimum absolute atomic E-state index is 0.0778. The molecule has 3 aromatic rings. The number of carbonyl (C=O) groups excluding carboxylic acids is 1. The van der Waals surface area contributed by atoms with Crippen LogP contribution in [0.15, 0.2) is 30.6 Å². The molecule has 6 nitrogen and oxygen atoms in total. The summed E-state index contributed by atoms with van der Waals surface area (Å²) in [6.07, 6.45) is 3.10. The Balaban J connectivity index is 1.47. The van der Waals surface area contributed by atoms with Gasteiger partial charge in [0.1, 0.15) is 18.0 Å². The van der Waals surface area contributed by atoms with Crippen molar-refractivity contribution in [1.29, 1.82) is 0 Å². The second kappa shape index (κ2) is 5.74. The highest BCUT2D eigenvalue weighted by Crippen LogP contribution is 2.21. The quantitative estimate of drug-likeness (QED) is 0.801. The number of aryl methyl sites for hydroxylation is 1. The van der Waals surface area contributed by atoms with Crippen LogP contribution >= 0.6 is 0 Å². The molecule has 0 bridgehead atoms. The van der Waals surface area contributed by atoms with E-state index in [1.807, 2.05) is 10.7 Å². The number of amides is 1. The zero-order chi connectivity index (χ0) is 16.7. The first-order chi connectivity index (χ1) is 11.6. The number of H-pyrrole nitrogens is 1. The summed E-state index contributed by atoms with van der Waals surface area (Å²) in [4.78, 5) is 21.8. The summed E-state index contributed by atoms with van der Waals surface area (Å²) in [6, 6.07) is 6.52. The van der Waals surface area contributed by atoms with Crippen LogP contribution in [-0.4, -0.2) is 37.6 Å². The van der Waals surface area contributed by atoms with Crippen LogP contribution in [-0.2, 0) is 24.3 Å². The van der Waals surface area contributed by atoms with E-state index in [9.17, 15) is 9.18 Å². The Bertz CT molecular complexity index is 899. The molecule has 3 heterocycles. The van der Waals surface area contributed by atoms with E-state index in [2.05, 4.69) is 15.1 Å². The van der Waals surface area contributed by atoms with E-state index in [-0.39, 0.29) is 17.6 Å². The number of fused-ring (bicyclic) bond motifs is 2. The fraction of sp³-hybridized carbons (Fsp3) is 0.353. The summed E-state index contributed by atoms with van der Waals surface area (Å²) in [5, 5.41) is 4.98. The van der Waals surface area contributed by atoms with Gasteiger partial charge in [-0.25, -0.2) is 14.1 Å². The lowest BCUT2D eigenvalue weighted by Crippen LogP contribution is -2.37. The first kappa shape index (κ1) is 14.9. The zero-order valence-corrected chi connectivity index (χ0v) is 13.4. The molecule has 0 fully saturated rings. The first-order valence-electron chi connectivity index (χ1n) is 7.99. The average Bonchev–Trinajstić information content (AvgIpc) is 3.18. The van der Waals surface area contributed by atoms with Gasteiger partial charge in [-0.2, -0.15) is 5.10 Å². The van der Waals surface area contributed by atoms with Crippen LogP contribution < -0.4 is 0 Å². The van der Waals surface area contributed by atoms with Crippen LogP contribution in [0.5, 0.6) is 0 Å². The fourth-order valence-corrected chi connectivity index (χ4v) is 3.33. The maximum absolute atomic E-state index is 13.3. The maximum Gasteiger partial charge on any atom is 0.227 e. The van der Waals surface area contributed by atoms with Gasteiger partial charge < -0.3 is 9.88 Å². The normalized spacial score (nSPS) is 17.0. The van der Waals surface area contributed by atoms with Gasteiger partial charge in [-0.05, 0) is 30.7 Å². The molecule has 0 radical (unpaired) electrons. The summed E-state index contributed by atoms with van der Waals surface area (Å²) in [5.41, 5.74) is 1.76. The summed E-state index contributed by atoms with van der Waals surface area (Å²) in [6.45, 7) is 1.05. The molecule has 24 heavy (non-hydrogen) atoms. The highest BCUT2D eigenvalue weighted by atomic mass is 19.1. The summed E-state index contributed by atoms with van der Waals surface area (Å²) in [5.74, 6) is 0.703. The van der Waals surface area contributed by atoms with E-state index in [0.29, 0.717) is 13.1 Å². The molecule has 1 aliphatic rings. The van der Waals surface area contributed by atoms with Gasteiger partial charge in [0.15, 0.2) is 0 Å². The molecule has 1 aliphatic heterocycles. The van der Waals surface area contributed by atoms with Crippen molar-refractivity contribution in [2.24, 2.45) is 5.92 Å². The minimum atomic E-state index is -0.261. The van der Waals surface area contributed by atoms with Crippen LogP contribution in [0.1, 0.15) is 17.9 Å². The fourth-order valence-electron chi connectivity index (χ4n) is 3.33. The van der Waals surface area contributed by atoms with Crippen LogP contribution in [0.25, 0.3) is 10.9 Å². The van der Waals surface area contributed by atoms with Crippen molar-refractivity contribution in [2.45, 2.75) is 25.9 Å². The van der Waals surface area contributed by atoms with Crippen LogP contribution in [0.4, 0.5) is 4.39 Å². The smallest absolute Gasteiger partial charge is 0.227 e. The van der Waals surface area contributed by atoms with E-state index >= 15 is 0 Å². The molecule has 0 spiro atoms. The number of carbonyl (C=O) groups is 1. The third-order valence-corrected chi connectivity index (χ3v) is 4.58. The number of nitrogens with zero attached hydrogens (tertiary/aromatic N) is 4. The molecule has 1 unspecified atom stereocenters. The number of aromatic nitrogens is 4. The predicted molar refractivity (Wildman–Crippen MR) is 86.6 cm³/mol. The van der Waals surface area contributed by atoms with Gasteiger partial charge >= 0.3 is 0 Å². The molecular weight excluding hydrogens is 309 g/mol. The Kier molecular flexibility index (Phi) is 3.55. The van der Waals surface area contributed by atoms with Crippen molar-refractivity contribution in [1.82, 2.24) is 24.6 Å². The Morgan fingerprint density at radius 2 is 2.33 bits per heavy atom. The SMILES string of the molecule is CN(Cc1cc2cc(F)ccc2[nH]1)C(=O)C1CCc2ncnn2C1. The van der Waals surface area contributed by atoms with E-state index < -0.39 is 0 Å². The van der Waals surface area contributed by atoms with Crippen molar-refractivity contribution in [3.05, 3.63) is 47.9 Å². The summed E-state index contributed by atoms with van der Waals surface area (Å²) < 4.78 is 15.1. The number of hydrogen-bond donors (Lipinski definition) is 1. The van der Waals surface area contributed by atoms with Gasteiger partial charge in [0.2, 0.25) is 5.91 Å². The molecule has 1 aromatic carbocycles. The molecule has 1 N–H and O–H groups in total. The second-order valence-electron chi connectivity index (χ2n) is 6.31. The van der Waals surface area contributed by atoms with Gasteiger partial charge in [0.25, 0.3) is 0 Å². The first-order valence-corrected chi connectivity index (χ1v) is 7.99. The van der Waals surface area contributed by atoms with E-state index in [1.54, 1.807) is 18.0 Å². The average molecular weight is 327 g/mol. The lowest BCUT2D eigenvalue weighted by molar-refractivity contribution is -0.135. The van der Waals surface area contributed by atoms with Gasteiger partial charge in [-0.3, -0.25) is 4.79 Å². The summed E-state index contributed by atoms with van der Waals surface area (Å²) in [7, 11) is 1.80. The van der Waals surface area contributed by atoms with E-state index in [0.717, 1.165) is 35.3 Å². The summed E-state index contributed by atoms with van der Waals surface area (Å²) >= 11 is 0. The third kappa shape index (κ3) is 2.66. The highest BCUT2D eigenvalue weighted by molar-refractivity contribution is 5.81. The molecule has 2 aromatic heterocycles. The Hall–Kier alpha value is -2.70. The molecule has 0 saturated heterocycles. The Labute approximate surface area is 138 Å². The lowest BCUT2D eigenvalue weighted by Gasteiger charge is -2.26. The second-order valence-corrected chi connectivity index (χ2v) is 6.31. The van der Waals surface area contributed by atoms with Gasteiger partial charge in [0, 0.05) is 30.1 Å². The topological polar surface area (TPSA) is 66.8 Å². The molecular formula is C17H18FN5O. The molecule has 7 heteroatoms. The maximum atomic E-state index is 13.3. The standard InChI is InChI=1S/C17H18FN5O/c1-22(9-14-7-12-6-13(18)3-4-15(12)21-14)17(24)11-2-5-16-19-10-20-23(16)8-11/h3-4,6-7,10-11,21H,2,5,8-9H2,1H3. The highest BCUT2D eigenvalue weighted by Gasteiger charge is 2.28. The molecule has 0 aliphatic carbocycles. The van der Waals surface area contributed by atoms with Crippen molar-refractivity contribution < 1.29 is 9.18 Å². The van der Waals surface area contributed by atoms with Gasteiger partial charge in [0.05, 0.1) is 19.0 Å². The van der Waals surface area contributed by atoms with E-state index in [4.69, 9.17) is 0 Å². The molecule has 124 valence electrons. The zero-order valence-electron chi connectivity index (χ0n) is 13.4. The number of benzene rings is 1. The van der Waals surface area contributed by atoms with Crippen LogP contribution in [0, 0.1) is 11.7 Å². The van der Waals surface area contributed by atoms with Gasteiger partial charge in [-0.1, -0.05) is 0 Å². The van der Waals surface area contributed by atoms with Gasteiger partial charge in [-0.15, -0.1) is 0 Å². The molecule has 1 atom stereocenters. The van der Waals surface area contributed by atoms with Crippen molar-refractivity contribution in [3.8, 4) is 0 Å². The Morgan fingerprint density at radius 1 is 1.46 bits per heavy atom. The monoisotopic (exact) mass is 327 g/mol. The number of rotatable bonds is 3.